The van der Waals surface area contributed by atoms with Crippen LogP contribution in [0.15, 0.2) is 53.4 Å². The van der Waals surface area contributed by atoms with Crippen LogP contribution in [0.5, 0.6) is 5.75 Å². The Balaban J connectivity index is 1.68. The molecule has 5 nitrogen and oxygen atoms in total. The van der Waals surface area contributed by atoms with Crippen LogP contribution in [-0.4, -0.2) is 21.3 Å². The highest BCUT2D eigenvalue weighted by Crippen LogP contribution is 2.27. The molecule has 1 aliphatic heterocycles. The SMILES string of the molecule is O=C1NC(=S)S/C1=C\c1cccc(OCc2ccc(C(=O)O)cc2)c1. The van der Waals surface area contributed by atoms with E-state index < -0.39 is 5.97 Å². The van der Waals surface area contributed by atoms with Gasteiger partial charge in [-0.3, -0.25) is 4.79 Å². The average Bonchev–Trinajstić information content (AvgIpc) is 2.91. The van der Waals surface area contributed by atoms with Crippen LogP contribution in [0.25, 0.3) is 6.08 Å². The second-order valence-corrected chi connectivity index (χ2v) is 6.93. The van der Waals surface area contributed by atoms with E-state index in [2.05, 4.69) is 5.32 Å². The lowest BCUT2D eigenvalue weighted by Crippen LogP contribution is -2.17. The zero-order chi connectivity index (χ0) is 17.8. The third kappa shape index (κ3) is 4.46. The maximum Gasteiger partial charge on any atom is 0.335 e. The number of carboxylic acids is 1. The number of hydrogen-bond donors (Lipinski definition) is 2. The molecule has 0 aromatic heterocycles. The predicted molar refractivity (Wildman–Crippen MR) is 100 cm³/mol. The molecule has 7 heteroatoms. The summed E-state index contributed by atoms with van der Waals surface area (Å²) in [6.45, 7) is 0.319. The normalized spacial score (nSPS) is 15.3. The van der Waals surface area contributed by atoms with Crippen molar-refractivity contribution in [3.05, 3.63) is 70.1 Å². The molecule has 1 amide bonds. The fourth-order valence-electron chi connectivity index (χ4n) is 2.18. The van der Waals surface area contributed by atoms with Gasteiger partial charge in [0.25, 0.3) is 5.91 Å². The van der Waals surface area contributed by atoms with E-state index in [1.165, 1.54) is 11.8 Å². The van der Waals surface area contributed by atoms with Gasteiger partial charge in [-0.15, -0.1) is 0 Å². The molecular weight excluding hydrogens is 358 g/mol. The topological polar surface area (TPSA) is 75.6 Å². The van der Waals surface area contributed by atoms with Crippen molar-refractivity contribution in [3.63, 3.8) is 0 Å². The molecule has 3 rings (SSSR count). The van der Waals surface area contributed by atoms with Gasteiger partial charge in [-0.05, 0) is 41.5 Å². The molecule has 0 aliphatic carbocycles. The number of hydrogen-bond acceptors (Lipinski definition) is 5. The van der Waals surface area contributed by atoms with Crippen molar-refractivity contribution >= 4 is 46.3 Å². The monoisotopic (exact) mass is 371 g/mol. The molecule has 25 heavy (non-hydrogen) atoms. The van der Waals surface area contributed by atoms with Gasteiger partial charge in [-0.2, -0.15) is 0 Å². The Labute approximate surface area is 153 Å². The van der Waals surface area contributed by atoms with Crippen LogP contribution in [0.2, 0.25) is 0 Å². The minimum atomic E-state index is -0.957. The van der Waals surface area contributed by atoms with Gasteiger partial charge in [-0.1, -0.05) is 48.2 Å². The third-order valence-corrected chi connectivity index (χ3v) is 4.57. The number of thioether (sulfide) groups is 1. The predicted octanol–water partition coefficient (Wildman–Crippen LogP) is 3.45. The Kier molecular flexibility index (Phi) is 5.16. The van der Waals surface area contributed by atoms with Crippen molar-refractivity contribution in [1.82, 2.24) is 5.32 Å². The lowest BCUT2D eigenvalue weighted by Gasteiger charge is -2.07. The van der Waals surface area contributed by atoms with Gasteiger partial charge in [0.2, 0.25) is 0 Å². The molecule has 0 radical (unpaired) electrons. The first-order chi connectivity index (χ1) is 12.0. The van der Waals surface area contributed by atoms with Crippen molar-refractivity contribution in [2.75, 3.05) is 0 Å². The number of carbonyl (C=O) groups is 2. The first-order valence-corrected chi connectivity index (χ1v) is 8.54. The van der Waals surface area contributed by atoms with Gasteiger partial charge >= 0.3 is 5.97 Å². The quantitative estimate of drug-likeness (QED) is 0.619. The van der Waals surface area contributed by atoms with Crippen LogP contribution in [-0.2, 0) is 11.4 Å². The smallest absolute Gasteiger partial charge is 0.335 e. The minimum absolute atomic E-state index is 0.195. The maximum absolute atomic E-state index is 11.7. The Morgan fingerprint density at radius 1 is 1.24 bits per heavy atom. The van der Waals surface area contributed by atoms with Gasteiger partial charge in [0.05, 0.1) is 10.5 Å². The summed E-state index contributed by atoms with van der Waals surface area (Å²) in [4.78, 5) is 23.1. The number of carbonyl (C=O) groups excluding carboxylic acids is 1. The van der Waals surface area contributed by atoms with Crippen LogP contribution in [0.1, 0.15) is 21.5 Å². The van der Waals surface area contributed by atoms with Crippen LogP contribution in [0.4, 0.5) is 0 Å². The van der Waals surface area contributed by atoms with Crippen molar-refractivity contribution < 1.29 is 19.4 Å². The Bertz CT molecular complexity index is 875. The minimum Gasteiger partial charge on any atom is -0.489 e. The number of aromatic carboxylic acids is 1. The van der Waals surface area contributed by atoms with E-state index >= 15 is 0 Å². The van der Waals surface area contributed by atoms with Crippen molar-refractivity contribution in [1.29, 1.82) is 0 Å². The summed E-state index contributed by atoms with van der Waals surface area (Å²) in [5, 5.41) is 11.5. The number of benzene rings is 2. The molecule has 2 aromatic rings. The van der Waals surface area contributed by atoms with Crippen molar-refractivity contribution in [3.8, 4) is 5.75 Å². The van der Waals surface area contributed by atoms with Gasteiger partial charge in [0.15, 0.2) is 0 Å². The van der Waals surface area contributed by atoms with Crippen LogP contribution >= 0.6 is 24.0 Å². The molecular formula is C18H13NO4S2. The van der Waals surface area contributed by atoms with E-state index in [1.807, 2.05) is 24.3 Å². The highest BCUT2D eigenvalue weighted by Gasteiger charge is 2.21. The lowest BCUT2D eigenvalue weighted by atomic mass is 10.1. The van der Waals surface area contributed by atoms with Gasteiger partial charge in [-0.25, -0.2) is 4.79 Å². The van der Waals surface area contributed by atoms with Crippen LogP contribution in [0, 0.1) is 0 Å². The maximum atomic E-state index is 11.7. The second-order valence-electron chi connectivity index (χ2n) is 5.22. The second kappa shape index (κ2) is 7.50. The summed E-state index contributed by atoms with van der Waals surface area (Å²) >= 11 is 6.20. The molecule has 2 N–H and O–H groups in total. The zero-order valence-electron chi connectivity index (χ0n) is 12.9. The van der Waals surface area contributed by atoms with Crippen molar-refractivity contribution in [2.45, 2.75) is 6.61 Å². The van der Waals surface area contributed by atoms with E-state index in [0.29, 0.717) is 21.6 Å². The first-order valence-electron chi connectivity index (χ1n) is 7.31. The molecule has 1 heterocycles. The fourth-order valence-corrected chi connectivity index (χ4v) is 3.22. The Morgan fingerprint density at radius 3 is 2.64 bits per heavy atom. The summed E-state index contributed by atoms with van der Waals surface area (Å²) in [6.07, 6.45) is 1.76. The standard InChI is InChI=1S/C18H13NO4S2/c20-16-15(25-18(24)19-16)9-12-2-1-3-14(8-12)23-10-11-4-6-13(7-5-11)17(21)22/h1-9H,10H2,(H,21,22)(H,19,20,24)/b15-9-. The molecule has 0 bridgehead atoms. The fraction of sp³-hybridized carbons (Fsp3) is 0.0556. The summed E-state index contributed by atoms with van der Waals surface area (Å²) in [7, 11) is 0. The summed E-state index contributed by atoms with van der Waals surface area (Å²) in [5.74, 6) is -0.496. The van der Waals surface area contributed by atoms with Crippen LogP contribution < -0.4 is 10.1 Å². The number of rotatable bonds is 5. The lowest BCUT2D eigenvalue weighted by molar-refractivity contribution is -0.115. The van der Waals surface area contributed by atoms with Gasteiger partial charge in [0.1, 0.15) is 16.7 Å². The van der Waals surface area contributed by atoms with Gasteiger partial charge in [0, 0.05) is 0 Å². The van der Waals surface area contributed by atoms with Crippen LogP contribution in [0.3, 0.4) is 0 Å². The molecule has 126 valence electrons. The number of amides is 1. The molecule has 0 unspecified atom stereocenters. The Morgan fingerprint density at radius 2 is 2.00 bits per heavy atom. The number of thiocarbonyl (C=S) groups is 1. The Hall–Kier alpha value is -2.64. The van der Waals surface area contributed by atoms with Crippen molar-refractivity contribution in [2.24, 2.45) is 0 Å². The van der Waals surface area contributed by atoms with Gasteiger partial charge < -0.3 is 15.2 Å². The third-order valence-electron chi connectivity index (χ3n) is 3.40. The van der Waals surface area contributed by atoms with E-state index in [-0.39, 0.29) is 11.5 Å². The average molecular weight is 371 g/mol. The summed E-state index contributed by atoms with van der Waals surface area (Å²) in [6, 6.07) is 13.9. The number of nitrogens with one attached hydrogen (secondary N) is 1. The highest BCUT2D eigenvalue weighted by molar-refractivity contribution is 8.26. The molecule has 0 saturated carbocycles. The molecule has 0 spiro atoms. The van der Waals surface area contributed by atoms with E-state index in [9.17, 15) is 9.59 Å². The number of ether oxygens (including phenoxy) is 1. The molecule has 1 saturated heterocycles. The molecule has 1 aliphatic rings. The summed E-state index contributed by atoms with van der Waals surface area (Å²) in [5.41, 5.74) is 1.94. The molecule has 2 aromatic carbocycles. The zero-order valence-corrected chi connectivity index (χ0v) is 14.5. The van der Waals surface area contributed by atoms with E-state index in [4.69, 9.17) is 22.1 Å². The number of carboxylic acid groups (broad SMARTS) is 1. The molecule has 0 atom stereocenters. The first kappa shape index (κ1) is 17.2. The van der Waals surface area contributed by atoms with E-state index in [1.54, 1.807) is 30.3 Å². The molecule has 1 fully saturated rings. The highest BCUT2D eigenvalue weighted by atomic mass is 32.2. The largest absolute Gasteiger partial charge is 0.489 e. The summed E-state index contributed by atoms with van der Waals surface area (Å²) < 4.78 is 6.19. The van der Waals surface area contributed by atoms with E-state index in [0.717, 1.165) is 11.1 Å².